The third-order valence-corrected chi connectivity index (χ3v) is 5.24. The zero-order chi connectivity index (χ0) is 15.8. The monoisotopic (exact) mass is 321 g/mol. The minimum Gasteiger partial charge on any atom is -0.309 e. The molecule has 0 fully saturated rings. The van der Waals surface area contributed by atoms with Gasteiger partial charge in [-0.15, -0.1) is 11.8 Å². The number of carbonyl (C=O) groups excluding carboxylic acids is 1. The lowest BCUT2D eigenvalue weighted by molar-refractivity contribution is -0.122. The SMILES string of the molecule is CC1=C(c2ccccc2)C2C(=O)NC(c3ccccn3)=NC2S1. The number of benzene rings is 1. The number of hydrogen-bond donors (Lipinski definition) is 1. The highest BCUT2D eigenvalue weighted by Gasteiger charge is 2.43. The lowest BCUT2D eigenvalue weighted by atomic mass is 9.90. The van der Waals surface area contributed by atoms with E-state index < -0.39 is 0 Å². The van der Waals surface area contributed by atoms with Crippen molar-refractivity contribution in [3.05, 3.63) is 70.9 Å². The quantitative estimate of drug-likeness (QED) is 0.925. The largest absolute Gasteiger partial charge is 0.309 e. The van der Waals surface area contributed by atoms with Crippen molar-refractivity contribution < 1.29 is 4.79 Å². The van der Waals surface area contributed by atoms with E-state index in [-0.39, 0.29) is 17.2 Å². The van der Waals surface area contributed by atoms with Gasteiger partial charge in [-0.3, -0.25) is 14.8 Å². The molecule has 114 valence electrons. The summed E-state index contributed by atoms with van der Waals surface area (Å²) in [6.45, 7) is 2.06. The van der Waals surface area contributed by atoms with Crippen LogP contribution in [0.2, 0.25) is 0 Å². The van der Waals surface area contributed by atoms with Crippen molar-refractivity contribution in [2.45, 2.75) is 12.3 Å². The molecule has 2 aromatic rings. The second-order valence-corrected chi connectivity index (χ2v) is 6.83. The summed E-state index contributed by atoms with van der Waals surface area (Å²) >= 11 is 1.66. The van der Waals surface area contributed by atoms with Gasteiger partial charge in [-0.25, -0.2) is 0 Å². The normalized spacial score (nSPS) is 23.3. The number of amidine groups is 1. The molecule has 3 heterocycles. The molecule has 1 N–H and O–H groups in total. The van der Waals surface area contributed by atoms with Crippen LogP contribution in [0, 0.1) is 5.92 Å². The molecular weight excluding hydrogens is 306 g/mol. The van der Waals surface area contributed by atoms with E-state index in [0.717, 1.165) is 16.0 Å². The summed E-state index contributed by atoms with van der Waals surface area (Å²) < 4.78 is 0. The van der Waals surface area contributed by atoms with Crippen LogP contribution in [0.15, 0.2) is 64.6 Å². The minimum atomic E-state index is -0.241. The van der Waals surface area contributed by atoms with Gasteiger partial charge in [0.05, 0.1) is 5.92 Å². The Morgan fingerprint density at radius 2 is 1.87 bits per heavy atom. The Kier molecular flexibility index (Phi) is 3.50. The van der Waals surface area contributed by atoms with Gasteiger partial charge in [-0.05, 0) is 35.1 Å². The first-order valence-corrected chi connectivity index (χ1v) is 8.35. The molecule has 4 nitrogen and oxygen atoms in total. The number of hydrogen-bond acceptors (Lipinski definition) is 4. The summed E-state index contributed by atoms with van der Waals surface area (Å²) in [4.78, 5) is 22.9. The predicted molar refractivity (Wildman–Crippen MR) is 92.8 cm³/mol. The fraction of sp³-hybridized carbons (Fsp3) is 0.167. The molecule has 0 spiro atoms. The standard InChI is InChI=1S/C18H15N3OS/c1-11-14(12-7-3-2-4-8-12)15-17(22)20-16(21-18(15)23-11)13-9-5-6-10-19-13/h2-10,15,18H,1H3,(H,20,21,22). The number of pyridine rings is 1. The smallest absolute Gasteiger partial charge is 0.236 e. The number of aromatic nitrogens is 1. The molecule has 0 saturated carbocycles. The lowest BCUT2D eigenvalue weighted by Crippen LogP contribution is -2.44. The third-order valence-electron chi connectivity index (χ3n) is 4.05. The first kappa shape index (κ1) is 14.2. The Morgan fingerprint density at radius 3 is 2.61 bits per heavy atom. The van der Waals surface area contributed by atoms with Gasteiger partial charge < -0.3 is 5.32 Å². The summed E-state index contributed by atoms with van der Waals surface area (Å²) in [7, 11) is 0. The number of allylic oxidation sites excluding steroid dienone is 1. The molecule has 1 aromatic heterocycles. The van der Waals surface area contributed by atoms with Crippen molar-refractivity contribution in [2.24, 2.45) is 10.9 Å². The maximum Gasteiger partial charge on any atom is 0.236 e. The summed E-state index contributed by atoms with van der Waals surface area (Å²) in [5.41, 5.74) is 2.88. The molecule has 1 aromatic carbocycles. The molecule has 2 atom stereocenters. The van der Waals surface area contributed by atoms with Crippen molar-refractivity contribution in [1.82, 2.24) is 10.3 Å². The number of rotatable bonds is 2. The number of thioether (sulfide) groups is 1. The second kappa shape index (κ2) is 5.66. The van der Waals surface area contributed by atoms with Gasteiger partial charge in [0.25, 0.3) is 0 Å². The average molecular weight is 321 g/mol. The fourth-order valence-electron chi connectivity index (χ4n) is 3.02. The Bertz CT molecular complexity index is 815. The van der Waals surface area contributed by atoms with Crippen LogP contribution in [0.3, 0.4) is 0 Å². The predicted octanol–water partition coefficient (Wildman–Crippen LogP) is 3.08. The van der Waals surface area contributed by atoms with Gasteiger partial charge in [0, 0.05) is 6.20 Å². The number of fused-ring (bicyclic) bond motifs is 1. The molecule has 0 bridgehead atoms. The van der Waals surface area contributed by atoms with E-state index in [4.69, 9.17) is 4.99 Å². The van der Waals surface area contributed by atoms with E-state index in [1.54, 1.807) is 18.0 Å². The highest BCUT2D eigenvalue weighted by Crippen LogP contribution is 2.48. The first-order chi connectivity index (χ1) is 11.2. The van der Waals surface area contributed by atoms with Crippen molar-refractivity contribution >= 4 is 29.1 Å². The molecule has 2 aliphatic rings. The van der Waals surface area contributed by atoms with E-state index in [9.17, 15) is 4.79 Å². The molecule has 5 heteroatoms. The maximum absolute atomic E-state index is 12.7. The topological polar surface area (TPSA) is 54.4 Å². The molecular formula is C18H15N3OS. The van der Waals surface area contributed by atoms with Gasteiger partial charge in [0.1, 0.15) is 11.1 Å². The van der Waals surface area contributed by atoms with E-state index in [0.29, 0.717) is 11.5 Å². The summed E-state index contributed by atoms with van der Waals surface area (Å²) in [5, 5.41) is 2.81. The first-order valence-electron chi connectivity index (χ1n) is 7.47. The average Bonchev–Trinajstić information content (AvgIpc) is 2.93. The van der Waals surface area contributed by atoms with Gasteiger partial charge in [0.2, 0.25) is 5.91 Å². The van der Waals surface area contributed by atoms with Crippen LogP contribution in [0.1, 0.15) is 18.2 Å². The van der Waals surface area contributed by atoms with Crippen LogP contribution < -0.4 is 5.32 Å². The van der Waals surface area contributed by atoms with Gasteiger partial charge in [-0.1, -0.05) is 36.4 Å². The number of carbonyl (C=O) groups is 1. The lowest BCUT2D eigenvalue weighted by Gasteiger charge is -2.25. The zero-order valence-electron chi connectivity index (χ0n) is 12.6. The van der Waals surface area contributed by atoms with Crippen LogP contribution in [0.4, 0.5) is 0 Å². The van der Waals surface area contributed by atoms with E-state index in [1.165, 1.54) is 0 Å². The Balaban J connectivity index is 1.72. The van der Waals surface area contributed by atoms with Gasteiger partial charge in [0.15, 0.2) is 5.84 Å². The molecule has 0 radical (unpaired) electrons. The van der Waals surface area contributed by atoms with Gasteiger partial charge in [-0.2, -0.15) is 0 Å². The molecule has 23 heavy (non-hydrogen) atoms. The van der Waals surface area contributed by atoms with Crippen LogP contribution in [-0.4, -0.2) is 22.1 Å². The summed E-state index contributed by atoms with van der Waals surface area (Å²) in [6, 6.07) is 15.7. The minimum absolute atomic E-state index is 0.00569. The number of nitrogens with one attached hydrogen (secondary N) is 1. The Labute approximate surface area is 138 Å². The van der Waals surface area contributed by atoms with Crippen LogP contribution in [0.25, 0.3) is 5.57 Å². The number of nitrogens with zero attached hydrogens (tertiary/aromatic N) is 2. The van der Waals surface area contributed by atoms with Crippen molar-refractivity contribution in [3.8, 4) is 0 Å². The number of aliphatic imine (C=N–C) groups is 1. The van der Waals surface area contributed by atoms with E-state index in [1.807, 2.05) is 48.5 Å². The van der Waals surface area contributed by atoms with Crippen LogP contribution in [-0.2, 0) is 4.79 Å². The van der Waals surface area contributed by atoms with Crippen molar-refractivity contribution in [1.29, 1.82) is 0 Å². The van der Waals surface area contributed by atoms with E-state index >= 15 is 0 Å². The summed E-state index contributed by atoms with van der Waals surface area (Å²) in [5.74, 6) is 0.315. The fourth-order valence-corrected chi connectivity index (χ4v) is 4.31. The van der Waals surface area contributed by atoms with Crippen molar-refractivity contribution in [3.63, 3.8) is 0 Å². The molecule has 2 aliphatic heterocycles. The maximum atomic E-state index is 12.7. The molecule has 4 rings (SSSR count). The Morgan fingerprint density at radius 1 is 1.09 bits per heavy atom. The van der Waals surface area contributed by atoms with Crippen molar-refractivity contribution in [2.75, 3.05) is 0 Å². The molecule has 0 aliphatic carbocycles. The van der Waals surface area contributed by atoms with Crippen LogP contribution >= 0.6 is 11.8 Å². The zero-order valence-corrected chi connectivity index (χ0v) is 13.4. The number of amides is 1. The van der Waals surface area contributed by atoms with E-state index in [2.05, 4.69) is 17.2 Å². The Hall–Kier alpha value is -2.40. The highest BCUT2D eigenvalue weighted by molar-refractivity contribution is 8.04. The summed E-state index contributed by atoms with van der Waals surface area (Å²) in [6.07, 6.45) is 1.71. The second-order valence-electron chi connectivity index (χ2n) is 5.50. The third kappa shape index (κ3) is 2.47. The molecule has 0 saturated heterocycles. The van der Waals surface area contributed by atoms with Crippen LogP contribution in [0.5, 0.6) is 0 Å². The molecule has 2 unspecified atom stereocenters. The molecule has 1 amide bonds. The highest BCUT2D eigenvalue weighted by atomic mass is 32.2. The van der Waals surface area contributed by atoms with Gasteiger partial charge >= 0.3 is 0 Å².